The van der Waals surface area contributed by atoms with Crippen molar-refractivity contribution < 1.29 is 4.39 Å². The van der Waals surface area contributed by atoms with Gasteiger partial charge in [-0.05, 0) is 53.9 Å². The van der Waals surface area contributed by atoms with E-state index < -0.39 is 0 Å². The fourth-order valence-corrected chi connectivity index (χ4v) is 4.34. The minimum absolute atomic E-state index is 0.253. The van der Waals surface area contributed by atoms with E-state index in [0.717, 1.165) is 29.9 Å². The molecule has 27 heavy (non-hydrogen) atoms. The summed E-state index contributed by atoms with van der Waals surface area (Å²) in [5.74, 6) is 0.545. The lowest BCUT2D eigenvalue weighted by atomic mass is 9.83. The van der Waals surface area contributed by atoms with E-state index in [1.807, 2.05) is 31.2 Å². The van der Waals surface area contributed by atoms with Crippen molar-refractivity contribution >= 4 is 17.2 Å². The molecule has 2 aromatic carbocycles. The maximum Gasteiger partial charge on any atom is 0.149 e. The van der Waals surface area contributed by atoms with Crippen LogP contribution in [0.15, 0.2) is 42.5 Å². The predicted octanol–water partition coefficient (Wildman–Crippen LogP) is 8.47. The van der Waals surface area contributed by atoms with Crippen LogP contribution in [0.2, 0.25) is 5.02 Å². The second-order valence-corrected chi connectivity index (χ2v) is 8.07. The first-order valence-corrected chi connectivity index (χ1v) is 10.8. The highest BCUT2D eigenvalue weighted by molar-refractivity contribution is 6.31. The molecule has 0 spiro atoms. The SMILES string of the molecule is CCCCCC1CC=C(c2ccc(-c3ccc(CC)c(Cl)c3F)cc2)CC1. The smallest absolute Gasteiger partial charge is 0.149 e. The van der Waals surface area contributed by atoms with E-state index in [2.05, 4.69) is 25.1 Å². The van der Waals surface area contributed by atoms with Crippen LogP contribution < -0.4 is 0 Å². The van der Waals surface area contributed by atoms with Gasteiger partial charge in [-0.15, -0.1) is 0 Å². The Hall–Kier alpha value is -1.60. The molecule has 0 nitrogen and oxygen atoms in total. The Labute approximate surface area is 168 Å². The van der Waals surface area contributed by atoms with Crippen LogP contribution in [0.4, 0.5) is 4.39 Å². The predicted molar refractivity (Wildman–Crippen MR) is 116 cm³/mol. The molecular weight excluding hydrogens is 355 g/mol. The Kier molecular flexibility index (Phi) is 7.13. The summed E-state index contributed by atoms with van der Waals surface area (Å²) >= 11 is 6.18. The monoisotopic (exact) mass is 384 g/mol. The number of hydrogen-bond donors (Lipinski definition) is 0. The highest BCUT2D eigenvalue weighted by atomic mass is 35.5. The van der Waals surface area contributed by atoms with E-state index >= 15 is 0 Å². The Morgan fingerprint density at radius 3 is 2.37 bits per heavy atom. The summed E-state index contributed by atoms with van der Waals surface area (Å²) < 4.78 is 14.6. The average molecular weight is 385 g/mol. The fraction of sp³-hybridized carbons (Fsp3) is 0.440. The molecule has 0 heterocycles. The molecule has 1 aliphatic carbocycles. The molecular formula is C25H30ClF. The molecule has 0 saturated heterocycles. The number of allylic oxidation sites excluding steroid dienone is 2. The molecule has 1 aliphatic rings. The second-order valence-electron chi connectivity index (χ2n) is 7.70. The molecule has 0 N–H and O–H groups in total. The van der Waals surface area contributed by atoms with Crippen LogP contribution in [-0.4, -0.2) is 0 Å². The van der Waals surface area contributed by atoms with Crippen molar-refractivity contribution in [3.63, 3.8) is 0 Å². The van der Waals surface area contributed by atoms with Crippen LogP contribution in [0.1, 0.15) is 69.9 Å². The van der Waals surface area contributed by atoms with E-state index in [-0.39, 0.29) is 10.8 Å². The lowest BCUT2D eigenvalue weighted by molar-refractivity contribution is 0.428. The number of unbranched alkanes of at least 4 members (excludes halogenated alkanes) is 2. The number of halogens is 2. The molecule has 0 amide bonds. The minimum Gasteiger partial charge on any atom is -0.205 e. The maximum absolute atomic E-state index is 14.6. The third-order valence-corrected chi connectivity index (χ3v) is 6.25. The molecule has 0 radical (unpaired) electrons. The Balaban J connectivity index is 1.70. The van der Waals surface area contributed by atoms with Crippen LogP contribution >= 0.6 is 11.6 Å². The van der Waals surface area contributed by atoms with Crippen molar-refractivity contribution in [1.82, 2.24) is 0 Å². The summed E-state index contributed by atoms with van der Waals surface area (Å²) in [7, 11) is 0. The van der Waals surface area contributed by atoms with Gasteiger partial charge in [0.1, 0.15) is 5.82 Å². The summed E-state index contributed by atoms with van der Waals surface area (Å²) in [6.45, 7) is 4.25. The van der Waals surface area contributed by atoms with E-state index in [0.29, 0.717) is 5.56 Å². The standard InChI is InChI=1S/C25H30ClF/c1-3-5-6-7-18-8-10-20(11-9-18)21-12-14-22(15-13-21)23-17-16-19(4-2)24(26)25(23)27/h10,12-18H,3-9,11H2,1-2H3. The van der Waals surface area contributed by atoms with Gasteiger partial charge in [0, 0.05) is 5.56 Å². The number of aryl methyl sites for hydroxylation is 1. The van der Waals surface area contributed by atoms with Crippen molar-refractivity contribution in [1.29, 1.82) is 0 Å². The molecule has 144 valence electrons. The van der Waals surface area contributed by atoms with E-state index in [1.54, 1.807) is 0 Å². The molecule has 2 heteroatoms. The molecule has 3 rings (SSSR count). The molecule has 2 aromatic rings. The van der Waals surface area contributed by atoms with Crippen molar-refractivity contribution in [2.45, 2.75) is 65.2 Å². The second kappa shape index (κ2) is 9.55. The average Bonchev–Trinajstić information content (AvgIpc) is 2.71. The Bertz CT molecular complexity index is 789. The number of benzene rings is 2. The molecule has 0 aromatic heterocycles. The third kappa shape index (κ3) is 4.82. The van der Waals surface area contributed by atoms with Crippen LogP contribution in [-0.2, 0) is 6.42 Å². The summed E-state index contributed by atoms with van der Waals surface area (Å²) in [4.78, 5) is 0. The fourth-order valence-electron chi connectivity index (χ4n) is 4.05. The maximum atomic E-state index is 14.6. The molecule has 0 saturated carbocycles. The highest BCUT2D eigenvalue weighted by Crippen LogP contribution is 2.35. The molecule has 0 bridgehead atoms. The number of rotatable bonds is 7. The van der Waals surface area contributed by atoms with Crippen molar-refractivity contribution in [2.75, 3.05) is 0 Å². The zero-order valence-electron chi connectivity index (χ0n) is 16.5. The van der Waals surface area contributed by atoms with Gasteiger partial charge >= 0.3 is 0 Å². The van der Waals surface area contributed by atoms with Crippen LogP contribution in [0, 0.1) is 11.7 Å². The lowest BCUT2D eigenvalue weighted by Gasteiger charge is -2.22. The van der Waals surface area contributed by atoms with Gasteiger partial charge in [-0.25, -0.2) is 4.39 Å². The lowest BCUT2D eigenvalue weighted by Crippen LogP contribution is -2.05. The van der Waals surface area contributed by atoms with E-state index in [1.165, 1.54) is 49.7 Å². The summed E-state index contributed by atoms with van der Waals surface area (Å²) in [5, 5.41) is 0.253. The summed E-state index contributed by atoms with van der Waals surface area (Å²) in [5.41, 5.74) is 5.03. The van der Waals surface area contributed by atoms with Crippen molar-refractivity contribution in [3.05, 3.63) is 64.4 Å². The quantitative estimate of drug-likeness (QED) is 0.420. The molecule has 1 unspecified atom stereocenters. The zero-order valence-corrected chi connectivity index (χ0v) is 17.3. The first kappa shape index (κ1) is 20.1. The van der Waals surface area contributed by atoms with E-state index in [4.69, 9.17) is 11.6 Å². The molecule has 0 fully saturated rings. The van der Waals surface area contributed by atoms with Gasteiger partial charge in [0.05, 0.1) is 5.02 Å². The first-order valence-electron chi connectivity index (χ1n) is 10.4. The zero-order chi connectivity index (χ0) is 19.2. The van der Waals surface area contributed by atoms with Gasteiger partial charge in [-0.1, -0.05) is 93.6 Å². The van der Waals surface area contributed by atoms with Gasteiger partial charge in [0.2, 0.25) is 0 Å². The topological polar surface area (TPSA) is 0 Å². The van der Waals surface area contributed by atoms with Crippen molar-refractivity contribution in [3.8, 4) is 11.1 Å². The van der Waals surface area contributed by atoms with E-state index in [9.17, 15) is 4.39 Å². The van der Waals surface area contributed by atoms with Gasteiger partial charge < -0.3 is 0 Å². The molecule has 0 aliphatic heterocycles. The Morgan fingerprint density at radius 1 is 1.00 bits per heavy atom. The van der Waals surface area contributed by atoms with Gasteiger partial charge in [-0.2, -0.15) is 0 Å². The van der Waals surface area contributed by atoms with Gasteiger partial charge in [-0.3, -0.25) is 0 Å². The van der Waals surface area contributed by atoms with Crippen LogP contribution in [0.5, 0.6) is 0 Å². The van der Waals surface area contributed by atoms with Gasteiger partial charge in [0.25, 0.3) is 0 Å². The van der Waals surface area contributed by atoms with Crippen LogP contribution in [0.3, 0.4) is 0 Å². The summed E-state index contributed by atoms with van der Waals surface area (Å²) in [6.07, 6.45) is 12.2. The number of hydrogen-bond acceptors (Lipinski definition) is 0. The summed E-state index contributed by atoms with van der Waals surface area (Å²) in [6, 6.07) is 12.1. The highest BCUT2D eigenvalue weighted by Gasteiger charge is 2.16. The van der Waals surface area contributed by atoms with Crippen LogP contribution in [0.25, 0.3) is 16.7 Å². The third-order valence-electron chi connectivity index (χ3n) is 5.85. The Morgan fingerprint density at radius 2 is 1.74 bits per heavy atom. The van der Waals surface area contributed by atoms with Gasteiger partial charge in [0.15, 0.2) is 0 Å². The normalized spacial score (nSPS) is 17.0. The molecule has 1 atom stereocenters. The van der Waals surface area contributed by atoms with Crippen molar-refractivity contribution in [2.24, 2.45) is 5.92 Å². The first-order chi connectivity index (χ1) is 13.1. The minimum atomic E-state index is -0.310. The largest absolute Gasteiger partial charge is 0.205 e.